The third kappa shape index (κ3) is 4.13. The Kier molecular flexibility index (Phi) is 4.98. The summed E-state index contributed by atoms with van der Waals surface area (Å²) < 4.78 is 0. The van der Waals surface area contributed by atoms with E-state index in [1.165, 1.54) is 0 Å². The Balaban J connectivity index is 2.46. The Bertz CT molecular complexity index is 468. The Labute approximate surface area is 103 Å². The first-order valence-electron chi connectivity index (χ1n) is 4.81. The van der Waals surface area contributed by atoms with E-state index in [0.717, 1.165) is 5.56 Å². The second-order valence-electron chi connectivity index (χ2n) is 3.11. The van der Waals surface area contributed by atoms with Crippen LogP contribution >= 0.6 is 11.6 Å². The number of halogens is 1. The third-order valence-corrected chi connectivity index (χ3v) is 2.30. The van der Waals surface area contributed by atoms with Gasteiger partial charge in [0, 0.05) is 11.6 Å². The molecule has 2 N–H and O–H groups in total. The fraction of sp³-hybridized carbons (Fsp3) is 0.182. The van der Waals surface area contributed by atoms with Crippen LogP contribution in [0.4, 0.5) is 0 Å². The zero-order chi connectivity index (χ0) is 12.7. The molecule has 6 heteroatoms. The van der Waals surface area contributed by atoms with E-state index in [-0.39, 0.29) is 13.1 Å². The van der Waals surface area contributed by atoms with Crippen LogP contribution in [-0.4, -0.2) is 18.4 Å². The molecule has 0 spiro atoms. The van der Waals surface area contributed by atoms with Crippen LogP contribution in [0.3, 0.4) is 0 Å². The van der Waals surface area contributed by atoms with Gasteiger partial charge in [0.2, 0.25) is 0 Å². The predicted molar refractivity (Wildman–Crippen MR) is 61.9 cm³/mol. The zero-order valence-corrected chi connectivity index (χ0v) is 9.62. The van der Waals surface area contributed by atoms with Gasteiger partial charge in [-0.2, -0.15) is 5.26 Å². The van der Waals surface area contributed by atoms with Crippen molar-refractivity contribution in [3.63, 3.8) is 0 Å². The minimum Gasteiger partial charge on any atom is -0.344 e. The highest BCUT2D eigenvalue weighted by atomic mass is 35.5. The third-order valence-electron chi connectivity index (χ3n) is 1.93. The molecule has 0 saturated heterocycles. The molecular weight excluding hydrogens is 242 g/mol. The molecule has 17 heavy (non-hydrogen) atoms. The number of carbonyl (C=O) groups is 2. The van der Waals surface area contributed by atoms with Gasteiger partial charge in [-0.25, -0.2) is 0 Å². The van der Waals surface area contributed by atoms with Crippen molar-refractivity contribution < 1.29 is 9.59 Å². The molecule has 0 heterocycles. The van der Waals surface area contributed by atoms with Gasteiger partial charge in [-0.05, 0) is 11.6 Å². The van der Waals surface area contributed by atoms with Crippen molar-refractivity contribution in [2.24, 2.45) is 0 Å². The molecule has 0 aliphatic rings. The van der Waals surface area contributed by atoms with Crippen molar-refractivity contribution in [3.05, 3.63) is 34.9 Å². The van der Waals surface area contributed by atoms with Gasteiger partial charge in [0.1, 0.15) is 6.54 Å². The quantitative estimate of drug-likeness (QED) is 0.610. The number of carbonyl (C=O) groups excluding carboxylic acids is 2. The summed E-state index contributed by atoms with van der Waals surface area (Å²) in [5.41, 5.74) is 0.718. The van der Waals surface area contributed by atoms with Crippen molar-refractivity contribution in [2.45, 2.75) is 6.54 Å². The smallest absolute Gasteiger partial charge is 0.310 e. The average Bonchev–Trinajstić information content (AvgIpc) is 2.34. The van der Waals surface area contributed by atoms with Crippen molar-refractivity contribution in [1.82, 2.24) is 10.6 Å². The van der Waals surface area contributed by atoms with Crippen LogP contribution in [0, 0.1) is 11.3 Å². The van der Waals surface area contributed by atoms with Crippen LogP contribution in [-0.2, 0) is 16.1 Å². The molecule has 1 aromatic rings. The predicted octanol–water partition coefficient (Wildman–Crippen LogP) is 0.596. The van der Waals surface area contributed by atoms with Crippen LogP contribution in [0.2, 0.25) is 5.02 Å². The Hall–Kier alpha value is -2.06. The summed E-state index contributed by atoms with van der Waals surface area (Å²) in [5.74, 6) is -1.63. The molecule has 0 aromatic heterocycles. The van der Waals surface area contributed by atoms with E-state index in [9.17, 15) is 9.59 Å². The Morgan fingerprint density at radius 1 is 1.24 bits per heavy atom. The first kappa shape index (κ1) is 13.0. The summed E-state index contributed by atoms with van der Waals surface area (Å²) in [6.45, 7) is -0.0309. The number of nitrogens with zero attached hydrogens (tertiary/aromatic N) is 1. The lowest BCUT2D eigenvalue weighted by atomic mass is 10.2. The summed E-state index contributed by atoms with van der Waals surface area (Å²) in [4.78, 5) is 22.4. The first-order chi connectivity index (χ1) is 8.15. The molecule has 0 radical (unpaired) electrons. The summed E-state index contributed by atoms with van der Waals surface area (Å²) in [7, 11) is 0. The maximum Gasteiger partial charge on any atom is 0.310 e. The van der Waals surface area contributed by atoms with Gasteiger partial charge in [-0.1, -0.05) is 29.8 Å². The van der Waals surface area contributed by atoms with Crippen molar-refractivity contribution >= 4 is 23.4 Å². The number of nitrogens with one attached hydrogen (secondary N) is 2. The number of hydrogen-bond donors (Lipinski definition) is 2. The normalized spacial score (nSPS) is 9.18. The summed E-state index contributed by atoms with van der Waals surface area (Å²) in [5, 5.41) is 13.3. The zero-order valence-electron chi connectivity index (χ0n) is 8.87. The number of nitriles is 1. The van der Waals surface area contributed by atoms with E-state index >= 15 is 0 Å². The van der Waals surface area contributed by atoms with E-state index in [1.807, 2.05) is 0 Å². The summed E-state index contributed by atoms with van der Waals surface area (Å²) in [6.07, 6.45) is 0. The van der Waals surface area contributed by atoms with Gasteiger partial charge in [-0.3, -0.25) is 9.59 Å². The van der Waals surface area contributed by atoms with Crippen LogP contribution in [0.5, 0.6) is 0 Å². The Morgan fingerprint density at radius 3 is 2.53 bits per heavy atom. The molecule has 0 atom stereocenters. The molecule has 2 amide bonds. The summed E-state index contributed by atoms with van der Waals surface area (Å²) in [6, 6.07) is 8.69. The molecule has 0 aliphatic carbocycles. The second-order valence-corrected chi connectivity index (χ2v) is 3.52. The molecule has 0 unspecified atom stereocenters. The fourth-order valence-electron chi connectivity index (χ4n) is 1.10. The van der Waals surface area contributed by atoms with Gasteiger partial charge >= 0.3 is 11.8 Å². The first-order valence-corrected chi connectivity index (χ1v) is 5.19. The monoisotopic (exact) mass is 251 g/mol. The molecule has 1 rings (SSSR count). The highest BCUT2D eigenvalue weighted by Crippen LogP contribution is 2.13. The molecule has 1 aromatic carbocycles. The average molecular weight is 252 g/mol. The van der Waals surface area contributed by atoms with E-state index in [0.29, 0.717) is 5.02 Å². The molecule has 0 bridgehead atoms. The van der Waals surface area contributed by atoms with Crippen LogP contribution < -0.4 is 10.6 Å². The van der Waals surface area contributed by atoms with Crippen molar-refractivity contribution in [3.8, 4) is 6.07 Å². The highest BCUT2D eigenvalue weighted by molar-refractivity contribution is 6.35. The largest absolute Gasteiger partial charge is 0.344 e. The lowest BCUT2D eigenvalue weighted by Crippen LogP contribution is -2.39. The van der Waals surface area contributed by atoms with Gasteiger partial charge in [0.15, 0.2) is 0 Å². The molecule has 88 valence electrons. The lowest BCUT2D eigenvalue weighted by molar-refractivity contribution is -0.139. The van der Waals surface area contributed by atoms with E-state index in [1.54, 1.807) is 30.3 Å². The topological polar surface area (TPSA) is 82.0 Å². The summed E-state index contributed by atoms with van der Waals surface area (Å²) >= 11 is 5.88. The molecule has 5 nitrogen and oxygen atoms in total. The van der Waals surface area contributed by atoms with Gasteiger partial charge in [0.25, 0.3) is 0 Å². The maximum absolute atomic E-state index is 11.3. The lowest BCUT2D eigenvalue weighted by Gasteiger charge is -2.06. The molecule has 0 aliphatic heterocycles. The molecular formula is C11H10ClN3O2. The van der Waals surface area contributed by atoms with E-state index < -0.39 is 11.8 Å². The molecule has 0 saturated carbocycles. The number of amides is 2. The number of benzene rings is 1. The van der Waals surface area contributed by atoms with Crippen molar-refractivity contribution in [2.75, 3.05) is 6.54 Å². The standard InChI is InChI=1S/C11H10ClN3O2/c12-9-4-2-1-3-8(9)7-15-11(17)10(16)14-6-5-13/h1-4H,6-7H2,(H,14,16)(H,15,17). The van der Waals surface area contributed by atoms with E-state index in [2.05, 4.69) is 10.6 Å². The minimum atomic E-state index is -0.835. The second kappa shape index (κ2) is 6.51. The van der Waals surface area contributed by atoms with E-state index in [4.69, 9.17) is 16.9 Å². The fourth-order valence-corrected chi connectivity index (χ4v) is 1.30. The number of rotatable bonds is 3. The highest BCUT2D eigenvalue weighted by Gasteiger charge is 2.12. The maximum atomic E-state index is 11.3. The number of hydrogen-bond acceptors (Lipinski definition) is 3. The minimum absolute atomic E-state index is 0.165. The van der Waals surface area contributed by atoms with Crippen LogP contribution in [0.15, 0.2) is 24.3 Å². The van der Waals surface area contributed by atoms with Gasteiger partial charge in [-0.15, -0.1) is 0 Å². The van der Waals surface area contributed by atoms with Crippen LogP contribution in [0.1, 0.15) is 5.56 Å². The van der Waals surface area contributed by atoms with Crippen molar-refractivity contribution in [1.29, 1.82) is 5.26 Å². The molecule has 0 fully saturated rings. The van der Waals surface area contributed by atoms with Gasteiger partial charge in [0.05, 0.1) is 6.07 Å². The van der Waals surface area contributed by atoms with Crippen LogP contribution in [0.25, 0.3) is 0 Å². The Morgan fingerprint density at radius 2 is 1.88 bits per heavy atom. The SMILES string of the molecule is N#CCNC(=O)C(=O)NCc1ccccc1Cl. The van der Waals surface area contributed by atoms with Gasteiger partial charge < -0.3 is 10.6 Å².